The van der Waals surface area contributed by atoms with Crippen molar-refractivity contribution in [2.75, 3.05) is 4.90 Å². The third-order valence-electron chi connectivity index (χ3n) is 6.77. The van der Waals surface area contributed by atoms with Gasteiger partial charge in [0.25, 0.3) is 12.0 Å². The van der Waals surface area contributed by atoms with Crippen molar-refractivity contribution in [2.45, 2.75) is 69.2 Å². The van der Waals surface area contributed by atoms with Crippen LogP contribution in [0.1, 0.15) is 69.1 Å². The van der Waals surface area contributed by atoms with Gasteiger partial charge in [-0.2, -0.15) is 14.5 Å². The first-order chi connectivity index (χ1) is 13.7. The smallest absolute Gasteiger partial charge is 0.295 e. The lowest BCUT2D eigenvalue weighted by Gasteiger charge is -2.45. The van der Waals surface area contributed by atoms with E-state index >= 15 is 0 Å². The standard InChI is InChI=1S/C18H22FN7O2/c19-17-20-9-12-25(17)11-6-2-1-5-10(11)13-22-23-14(26(12)13)15-21-16(24-28-15)18(27)7-3-4-8-18/h9-11,13,22,27H,1-8H2. The predicted octanol–water partition coefficient (Wildman–Crippen LogP) is 2.01. The van der Waals surface area contributed by atoms with Gasteiger partial charge in [-0.15, -0.1) is 0 Å². The number of fused-ring (bicyclic) bond motifs is 6. The molecular formula is C18H22FN7O2. The maximum Gasteiger partial charge on any atom is 0.295 e. The average Bonchev–Trinajstić information content (AvgIpc) is 3.47. The Labute approximate surface area is 160 Å². The molecule has 4 heterocycles. The van der Waals surface area contributed by atoms with E-state index in [9.17, 15) is 9.50 Å². The molecule has 2 saturated carbocycles. The van der Waals surface area contributed by atoms with E-state index in [-0.39, 0.29) is 24.0 Å². The molecular weight excluding hydrogens is 365 g/mol. The van der Waals surface area contributed by atoms with Gasteiger partial charge in [-0.3, -0.25) is 14.9 Å². The number of hydrogen-bond acceptors (Lipinski definition) is 8. The molecule has 2 fully saturated rings. The second-order valence-corrected chi connectivity index (χ2v) is 8.31. The largest absolute Gasteiger partial charge is 0.382 e. The van der Waals surface area contributed by atoms with Crippen molar-refractivity contribution in [1.82, 2.24) is 25.1 Å². The summed E-state index contributed by atoms with van der Waals surface area (Å²) in [5, 5.41) is 19.2. The van der Waals surface area contributed by atoms with Gasteiger partial charge in [-0.25, -0.2) is 4.98 Å². The Morgan fingerprint density at radius 1 is 1.21 bits per heavy atom. The van der Waals surface area contributed by atoms with Crippen LogP contribution in [0.3, 0.4) is 0 Å². The highest BCUT2D eigenvalue weighted by molar-refractivity contribution is 6.08. The molecule has 0 bridgehead atoms. The molecule has 6 rings (SSSR count). The molecule has 28 heavy (non-hydrogen) atoms. The van der Waals surface area contributed by atoms with Gasteiger partial charge < -0.3 is 9.63 Å². The van der Waals surface area contributed by atoms with E-state index in [1.165, 1.54) is 6.20 Å². The van der Waals surface area contributed by atoms with E-state index < -0.39 is 11.7 Å². The van der Waals surface area contributed by atoms with Crippen LogP contribution in [0.25, 0.3) is 0 Å². The summed E-state index contributed by atoms with van der Waals surface area (Å²) in [5.74, 6) is 1.85. The first kappa shape index (κ1) is 16.5. The molecule has 2 aromatic heterocycles. The summed E-state index contributed by atoms with van der Waals surface area (Å²) in [4.78, 5) is 10.3. The summed E-state index contributed by atoms with van der Waals surface area (Å²) >= 11 is 0. The quantitative estimate of drug-likeness (QED) is 0.812. The minimum atomic E-state index is -1.03. The minimum absolute atomic E-state index is 0.0759. The highest BCUT2D eigenvalue weighted by Crippen LogP contribution is 2.46. The average molecular weight is 387 g/mol. The first-order valence-corrected chi connectivity index (χ1v) is 10.1. The normalized spacial score (nSPS) is 30.4. The summed E-state index contributed by atoms with van der Waals surface area (Å²) in [5.41, 5.74) is 2.18. The van der Waals surface area contributed by atoms with Crippen molar-refractivity contribution in [3.8, 4) is 0 Å². The van der Waals surface area contributed by atoms with Crippen LogP contribution in [0.5, 0.6) is 0 Å². The first-order valence-electron chi connectivity index (χ1n) is 10.1. The fourth-order valence-corrected chi connectivity index (χ4v) is 5.39. The fourth-order valence-electron chi connectivity index (χ4n) is 5.39. The number of hydrazone groups is 1. The second-order valence-electron chi connectivity index (χ2n) is 8.31. The van der Waals surface area contributed by atoms with Crippen LogP contribution in [0, 0.1) is 12.0 Å². The van der Waals surface area contributed by atoms with Gasteiger partial charge in [0.1, 0.15) is 17.6 Å². The van der Waals surface area contributed by atoms with Gasteiger partial charge in [0.2, 0.25) is 11.7 Å². The highest BCUT2D eigenvalue weighted by Gasteiger charge is 2.49. The van der Waals surface area contributed by atoms with Gasteiger partial charge in [0.15, 0.2) is 0 Å². The number of halogens is 1. The number of hydrogen-bond donors (Lipinski definition) is 2. The van der Waals surface area contributed by atoms with Gasteiger partial charge in [0, 0.05) is 12.0 Å². The van der Waals surface area contributed by atoms with Crippen LogP contribution in [0.15, 0.2) is 15.8 Å². The molecule has 3 atom stereocenters. The maximum atomic E-state index is 14.5. The van der Waals surface area contributed by atoms with Crippen molar-refractivity contribution in [3.05, 3.63) is 24.0 Å². The van der Waals surface area contributed by atoms with Crippen molar-refractivity contribution >= 4 is 11.7 Å². The highest BCUT2D eigenvalue weighted by atomic mass is 19.1. The topological polar surface area (TPSA) is 105 Å². The van der Waals surface area contributed by atoms with Crippen LogP contribution >= 0.6 is 0 Å². The van der Waals surface area contributed by atoms with Crippen LogP contribution in [-0.2, 0) is 5.60 Å². The molecule has 10 heteroatoms. The molecule has 0 aromatic carbocycles. The molecule has 0 amide bonds. The van der Waals surface area contributed by atoms with E-state index in [4.69, 9.17) is 4.52 Å². The number of imidazole rings is 1. The molecule has 2 aromatic rings. The molecule has 0 spiro atoms. The zero-order valence-corrected chi connectivity index (χ0v) is 15.4. The Balaban J connectivity index is 1.40. The zero-order chi connectivity index (χ0) is 18.9. The summed E-state index contributed by atoms with van der Waals surface area (Å²) in [6, 6.07) is 0.0759. The lowest BCUT2D eigenvalue weighted by atomic mass is 9.80. The van der Waals surface area contributed by atoms with Crippen molar-refractivity contribution < 1.29 is 14.0 Å². The van der Waals surface area contributed by atoms with E-state index in [0.29, 0.717) is 30.3 Å². The molecule has 2 N–H and O–H groups in total. The zero-order valence-electron chi connectivity index (χ0n) is 15.4. The molecule has 0 saturated heterocycles. The Bertz CT molecular complexity index is 948. The summed E-state index contributed by atoms with van der Waals surface area (Å²) < 4.78 is 21.7. The number of rotatable bonds is 2. The van der Waals surface area contributed by atoms with Gasteiger partial charge in [0.05, 0.1) is 6.20 Å². The summed E-state index contributed by atoms with van der Waals surface area (Å²) in [7, 11) is 0. The Morgan fingerprint density at radius 2 is 2.04 bits per heavy atom. The predicted molar refractivity (Wildman–Crippen MR) is 95.8 cm³/mol. The SMILES string of the molecule is OC1(c2noc(C3=NNC4C5CCCCC5n5c(cnc5F)N34)n2)CCCC1. The van der Waals surface area contributed by atoms with Crippen molar-refractivity contribution in [2.24, 2.45) is 11.0 Å². The molecule has 9 nitrogen and oxygen atoms in total. The van der Waals surface area contributed by atoms with E-state index in [1.54, 1.807) is 4.57 Å². The van der Waals surface area contributed by atoms with Gasteiger partial charge >= 0.3 is 0 Å². The number of amidine groups is 1. The van der Waals surface area contributed by atoms with E-state index in [0.717, 1.165) is 38.5 Å². The number of nitrogens with one attached hydrogen (secondary N) is 1. The minimum Gasteiger partial charge on any atom is -0.382 e. The maximum absolute atomic E-state index is 14.5. The fraction of sp³-hybridized carbons (Fsp3) is 0.667. The number of aliphatic hydroxyl groups is 1. The molecule has 0 radical (unpaired) electrons. The number of aromatic nitrogens is 4. The molecule has 2 aliphatic heterocycles. The number of nitrogens with zero attached hydrogens (tertiary/aromatic N) is 6. The van der Waals surface area contributed by atoms with Crippen LogP contribution in [-0.4, -0.2) is 36.8 Å². The number of anilines is 1. The van der Waals surface area contributed by atoms with Crippen molar-refractivity contribution in [3.63, 3.8) is 0 Å². The van der Waals surface area contributed by atoms with Crippen LogP contribution in [0.2, 0.25) is 0 Å². The molecule has 2 aliphatic carbocycles. The van der Waals surface area contributed by atoms with Crippen molar-refractivity contribution in [1.29, 1.82) is 0 Å². The molecule has 4 aliphatic rings. The Morgan fingerprint density at radius 3 is 2.89 bits per heavy atom. The monoisotopic (exact) mass is 387 g/mol. The second kappa shape index (κ2) is 5.76. The third kappa shape index (κ3) is 2.15. The lowest BCUT2D eigenvalue weighted by molar-refractivity contribution is 0.0328. The lowest BCUT2D eigenvalue weighted by Crippen LogP contribution is -2.54. The third-order valence-corrected chi connectivity index (χ3v) is 6.77. The Hall–Kier alpha value is -2.49. The van der Waals surface area contributed by atoms with Gasteiger partial charge in [-0.1, -0.05) is 18.0 Å². The van der Waals surface area contributed by atoms with Crippen LogP contribution < -0.4 is 10.3 Å². The molecule has 148 valence electrons. The van der Waals surface area contributed by atoms with Crippen LogP contribution in [0.4, 0.5) is 10.2 Å². The molecule has 3 unspecified atom stereocenters. The summed E-state index contributed by atoms with van der Waals surface area (Å²) in [6.45, 7) is 0. The van der Waals surface area contributed by atoms with E-state index in [1.807, 2.05) is 4.90 Å². The van der Waals surface area contributed by atoms with Gasteiger partial charge in [-0.05, 0) is 38.5 Å². The summed E-state index contributed by atoms with van der Waals surface area (Å²) in [6.07, 6.45) is 8.26. The Kier molecular flexibility index (Phi) is 3.38. The van der Waals surface area contributed by atoms with E-state index in [2.05, 4.69) is 25.7 Å².